The van der Waals surface area contributed by atoms with Gasteiger partial charge in [0.05, 0.1) is 36.0 Å². The van der Waals surface area contributed by atoms with Gasteiger partial charge in [0.25, 0.3) is 0 Å². The molecule has 1 saturated heterocycles. The van der Waals surface area contributed by atoms with Crippen LogP contribution in [0.1, 0.15) is 73.8 Å². The van der Waals surface area contributed by atoms with Crippen LogP contribution in [-0.4, -0.2) is 68.1 Å². The van der Waals surface area contributed by atoms with Gasteiger partial charge in [0.2, 0.25) is 5.91 Å². The maximum Gasteiger partial charge on any atom is 0.410 e. The van der Waals surface area contributed by atoms with Crippen LogP contribution in [0.15, 0.2) is 49.1 Å². The molecule has 9 nitrogen and oxygen atoms in total. The summed E-state index contributed by atoms with van der Waals surface area (Å²) in [7, 11) is 1.94. The summed E-state index contributed by atoms with van der Waals surface area (Å²) < 4.78 is 7.58. The first-order chi connectivity index (χ1) is 20.1. The van der Waals surface area contributed by atoms with Gasteiger partial charge in [-0.15, -0.1) is 0 Å². The van der Waals surface area contributed by atoms with Crippen molar-refractivity contribution in [2.45, 2.75) is 51.3 Å². The molecule has 6 rings (SSSR count). The number of nitrogens with zero attached hydrogens (tertiary/aromatic N) is 5. The minimum Gasteiger partial charge on any atom is -0.444 e. The average molecular weight is 589 g/mol. The van der Waals surface area contributed by atoms with E-state index in [1.807, 2.05) is 63.0 Å². The Balaban J connectivity index is 1.41. The largest absolute Gasteiger partial charge is 0.444 e. The molecule has 0 bridgehead atoms. The minimum atomic E-state index is -0.544. The molecule has 1 aromatic carbocycles. The van der Waals surface area contributed by atoms with Gasteiger partial charge in [-0.3, -0.25) is 14.7 Å². The van der Waals surface area contributed by atoms with Crippen molar-refractivity contribution in [3.8, 4) is 0 Å². The van der Waals surface area contributed by atoms with Crippen molar-refractivity contribution in [1.29, 1.82) is 0 Å². The van der Waals surface area contributed by atoms with Crippen LogP contribution in [0.4, 0.5) is 4.79 Å². The van der Waals surface area contributed by atoms with Crippen LogP contribution < -0.4 is 5.32 Å². The summed E-state index contributed by atoms with van der Waals surface area (Å²) in [6, 6.07) is 9.39. The van der Waals surface area contributed by atoms with Crippen LogP contribution in [0, 0.1) is 5.92 Å². The lowest BCUT2D eigenvalue weighted by Crippen LogP contribution is -2.51. The predicted molar refractivity (Wildman–Crippen MR) is 162 cm³/mol. The minimum absolute atomic E-state index is 0.0499. The normalized spacial score (nSPS) is 19.7. The fourth-order valence-electron chi connectivity index (χ4n) is 5.85. The molecule has 2 amide bonds. The lowest BCUT2D eigenvalue weighted by molar-refractivity contribution is -0.122. The number of pyridine rings is 1. The van der Waals surface area contributed by atoms with E-state index in [1.54, 1.807) is 11.2 Å². The Bertz CT molecular complexity index is 1530. The Morgan fingerprint density at radius 3 is 2.55 bits per heavy atom. The monoisotopic (exact) mass is 588 g/mol. The smallest absolute Gasteiger partial charge is 0.410 e. The van der Waals surface area contributed by atoms with Gasteiger partial charge in [-0.25, -0.2) is 9.78 Å². The van der Waals surface area contributed by atoms with Gasteiger partial charge in [0, 0.05) is 50.4 Å². The van der Waals surface area contributed by atoms with Crippen molar-refractivity contribution in [1.82, 2.24) is 29.7 Å². The topological polar surface area (TPSA) is 92.6 Å². The summed E-state index contributed by atoms with van der Waals surface area (Å²) in [6.45, 7) is 8.05. The molecule has 2 aromatic heterocycles. The number of halogens is 1. The van der Waals surface area contributed by atoms with Gasteiger partial charge >= 0.3 is 6.09 Å². The van der Waals surface area contributed by atoms with Gasteiger partial charge in [0.15, 0.2) is 0 Å². The first kappa shape index (κ1) is 28.4. The molecule has 2 fully saturated rings. The molecule has 3 heterocycles. The standard InChI is InChI=1S/C32H37ClN6O3/c1-32(2,3)42-31(41)39-14-12-38(13-15-39)29-23-10-9-22(33)17-24(23)25(16-21-6-5-11-35-27(21)29)28(26-18-34-19-37(26)4)36-30(40)20-7-8-20/h5-6,9-11,16-20,28-29H,7-8,12-15H2,1-4H3,(H,36,40). The third kappa shape index (κ3) is 5.80. The van der Waals surface area contributed by atoms with E-state index in [1.165, 1.54) is 0 Å². The van der Waals surface area contributed by atoms with E-state index >= 15 is 0 Å². The maximum absolute atomic E-state index is 13.2. The summed E-state index contributed by atoms with van der Waals surface area (Å²) in [4.78, 5) is 39.4. The zero-order valence-electron chi connectivity index (χ0n) is 24.5. The highest BCUT2D eigenvalue weighted by Crippen LogP contribution is 2.44. The molecule has 42 heavy (non-hydrogen) atoms. The fourth-order valence-corrected chi connectivity index (χ4v) is 6.02. The Morgan fingerprint density at radius 2 is 1.88 bits per heavy atom. The zero-order chi connectivity index (χ0) is 29.6. The molecular formula is C32H37ClN6O3. The molecule has 1 aliphatic heterocycles. The third-order valence-corrected chi connectivity index (χ3v) is 8.32. The van der Waals surface area contributed by atoms with Gasteiger partial charge in [0.1, 0.15) is 5.60 Å². The lowest BCUT2D eigenvalue weighted by atomic mass is 9.89. The lowest BCUT2D eigenvalue weighted by Gasteiger charge is -2.40. The summed E-state index contributed by atoms with van der Waals surface area (Å²) >= 11 is 6.65. The molecule has 0 spiro atoms. The van der Waals surface area contributed by atoms with Gasteiger partial charge in [-0.1, -0.05) is 23.7 Å². The number of aryl methyl sites for hydroxylation is 1. The summed E-state index contributed by atoms with van der Waals surface area (Å²) in [5, 5.41) is 3.95. The zero-order valence-corrected chi connectivity index (χ0v) is 25.3. The molecule has 2 aliphatic carbocycles. The van der Waals surface area contributed by atoms with Crippen molar-refractivity contribution in [2.75, 3.05) is 26.2 Å². The summed E-state index contributed by atoms with van der Waals surface area (Å²) in [5.74, 6) is 0.102. The Morgan fingerprint density at radius 1 is 1.12 bits per heavy atom. The maximum atomic E-state index is 13.2. The molecule has 2 unspecified atom stereocenters. The van der Waals surface area contributed by atoms with Gasteiger partial charge in [-0.05, 0) is 80.2 Å². The van der Waals surface area contributed by atoms with Crippen molar-refractivity contribution in [3.05, 3.63) is 82.2 Å². The number of benzene rings is 1. The van der Waals surface area contributed by atoms with Crippen LogP contribution in [0.5, 0.6) is 0 Å². The van der Waals surface area contributed by atoms with Crippen LogP contribution >= 0.6 is 11.6 Å². The Kier molecular flexibility index (Phi) is 7.57. The van der Waals surface area contributed by atoms with Gasteiger partial charge in [-0.2, -0.15) is 0 Å². The first-order valence-corrected chi connectivity index (χ1v) is 14.9. The van der Waals surface area contributed by atoms with Crippen molar-refractivity contribution in [3.63, 3.8) is 0 Å². The number of piperazine rings is 1. The number of hydrogen-bond donors (Lipinski definition) is 1. The molecule has 10 heteroatoms. The Labute approximate surface area is 251 Å². The van der Waals surface area contributed by atoms with Gasteiger partial charge < -0.3 is 19.5 Å². The number of amides is 2. The second-order valence-corrected chi connectivity index (χ2v) is 12.8. The number of ether oxygens (including phenoxy) is 1. The number of imidazole rings is 1. The van der Waals surface area contributed by atoms with E-state index in [0.717, 1.165) is 46.5 Å². The summed E-state index contributed by atoms with van der Waals surface area (Å²) in [6.07, 6.45) is 9.06. The van der Waals surface area contributed by atoms with E-state index in [4.69, 9.17) is 21.3 Å². The molecule has 2 atom stereocenters. The number of nitrogens with one attached hydrogen (secondary N) is 1. The molecule has 220 valence electrons. The second-order valence-electron chi connectivity index (χ2n) is 12.4. The highest BCUT2D eigenvalue weighted by Gasteiger charge is 2.38. The van der Waals surface area contributed by atoms with E-state index in [-0.39, 0.29) is 24.0 Å². The highest BCUT2D eigenvalue weighted by molar-refractivity contribution is 6.30. The van der Waals surface area contributed by atoms with E-state index < -0.39 is 11.6 Å². The number of rotatable bonds is 5. The highest BCUT2D eigenvalue weighted by atomic mass is 35.5. The second kappa shape index (κ2) is 11.2. The molecule has 3 aliphatic rings. The van der Waals surface area contributed by atoms with Crippen LogP contribution in [0.25, 0.3) is 11.6 Å². The number of aromatic nitrogens is 3. The summed E-state index contributed by atoms with van der Waals surface area (Å²) in [5.41, 5.74) is 5.21. The molecule has 1 N–H and O–H groups in total. The Hall–Kier alpha value is -3.69. The fraction of sp³-hybridized carbons (Fsp3) is 0.438. The SMILES string of the molecule is Cn1cncc1C(NC(=O)C1CC1)C1=Cc2cccnc2C(N2CCN(C(=O)OC(C)(C)C)CC2)c2ccc(Cl)cc21. The van der Waals surface area contributed by atoms with E-state index in [0.29, 0.717) is 31.2 Å². The van der Waals surface area contributed by atoms with Crippen LogP contribution in [-0.2, 0) is 16.6 Å². The predicted octanol–water partition coefficient (Wildman–Crippen LogP) is 5.23. The van der Waals surface area contributed by atoms with Crippen LogP contribution in [0.3, 0.4) is 0 Å². The number of hydrogen-bond acceptors (Lipinski definition) is 6. The quantitative estimate of drug-likeness (QED) is 0.439. The van der Waals surface area contributed by atoms with E-state index in [2.05, 4.69) is 33.4 Å². The number of fused-ring (bicyclic) bond motifs is 2. The molecule has 0 radical (unpaired) electrons. The molecule has 1 saturated carbocycles. The third-order valence-electron chi connectivity index (χ3n) is 8.09. The number of carbonyl (C=O) groups excluding carboxylic acids is 2. The van der Waals surface area contributed by atoms with Crippen molar-refractivity contribution >= 4 is 35.3 Å². The molecular weight excluding hydrogens is 552 g/mol. The van der Waals surface area contributed by atoms with E-state index in [9.17, 15) is 9.59 Å². The van der Waals surface area contributed by atoms with Crippen molar-refractivity contribution < 1.29 is 14.3 Å². The van der Waals surface area contributed by atoms with Crippen LogP contribution in [0.2, 0.25) is 5.02 Å². The first-order valence-electron chi connectivity index (χ1n) is 14.5. The average Bonchev–Trinajstić information content (AvgIpc) is 3.74. The molecule has 3 aromatic rings. The number of carbonyl (C=O) groups is 2. The van der Waals surface area contributed by atoms with Crippen molar-refractivity contribution in [2.24, 2.45) is 13.0 Å².